The summed E-state index contributed by atoms with van der Waals surface area (Å²) in [5.41, 5.74) is 4.49. The zero-order chi connectivity index (χ0) is 22.0. The number of carbonyl (C=O) groups is 4. The first-order chi connectivity index (χ1) is 14.9. The third-order valence-corrected chi connectivity index (χ3v) is 5.34. The topological polar surface area (TPSA) is 108 Å². The number of amides is 4. The summed E-state index contributed by atoms with van der Waals surface area (Å²) >= 11 is 0. The molecule has 1 fully saturated rings. The van der Waals surface area contributed by atoms with E-state index < -0.39 is 5.92 Å². The molecule has 4 rings (SSSR count). The van der Waals surface area contributed by atoms with Crippen LogP contribution < -0.4 is 21.1 Å². The summed E-state index contributed by atoms with van der Waals surface area (Å²) < 4.78 is 0. The second-order valence-corrected chi connectivity index (χ2v) is 7.57. The summed E-state index contributed by atoms with van der Waals surface area (Å²) in [5, 5.41) is 6.67. The summed E-state index contributed by atoms with van der Waals surface area (Å²) in [6.07, 6.45) is 4.93. The summed E-state index contributed by atoms with van der Waals surface area (Å²) in [6, 6.07) is 13.3. The molecular formula is C23H22N4O4. The average molecular weight is 418 g/mol. The van der Waals surface area contributed by atoms with Gasteiger partial charge in [-0.2, -0.15) is 0 Å². The van der Waals surface area contributed by atoms with Gasteiger partial charge in [0.05, 0.1) is 17.5 Å². The van der Waals surface area contributed by atoms with Gasteiger partial charge in [0.2, 0.25) is 17.7 Å². The maximum atomic E-state index is 12.9. The SMILES string of the molecule is CC(=O)Nc1cccc(NC(=O)c2cccc(N3NC(=O)C4CC=CCC4C3=O)c2)c1. The van der Waals surface area contributed by atoms with Crippen LogP contribution in [0.2, 0.25) is 0 Å². The standard InChI is InChI=1S/C23H22N4O4/c1-14(28)24-16-7-5-8-17(13-16)25-21(29)15-6-4-9-18(12-15)27-23(31)20-11-3-2-10-19(20)22(30)26-27/h2-9,12-13,19-20H,10-11H2,1H3,(H,24,28)(H,25,29)(H,26,30). The molecule has 3 N–H and O–H groups in total. The number of anilines is 3. The van der Waals surface area contributed by atoms with E-state index >= 15 is 0 Å². The number of allylic oxidation sites excluding steroid dienone is 2. The number of rotatable bonds is 4. The molecule has 8 heteroatoms. The molecule has 0 radical (unpaired) electrons. The maximum Gasteiger partial charge on any atom is 0.255 e. The Morgan fingerprint density at radius 1 is 0.935 bits per heavy atom. The summed E-state index contributed by atoms with van der Waals surface area (Å²) in [4.78, 5) is 49.4. The zero-order valence-corrected chi connectivity index (χ0v) is 16.9. The Hall–Kier alpha value is -3.94. The van der Waals surface area contributed by atoms with Crippen molar-refractivity contribution in [2.45, 2.75) is 19.8 Å². The highest BCUT2D eigenvalue weighted by Gasteiger charge is 2.42. The molecule has 1 heterocycles. The number of hydrazine groups is 1. The summed E-state index contributed by atoms with van der Waals surface area (Å²) in [6.45, 7) is 1.41. The quantitative estimate of drug-likeness (QED) is 0.664. The van der Waals surface area contributed by atoms with Crippen LogP contribution in [0.1, 0.15) is 30.1 Å². The van der Waals surface area contributed by atoms with Crippen molar-refractivity contribution in [1.82, 2.24) is 5.43 Å². The average Bonchev–Trinajstić information content (AvgIpc) is 2.76. The number of hydrogen-bond acceptors (Lipinski definition) is 4. The van der Waals surface area contributed by atoms with E-state index in [1.165, 1.54) is 11.9 Å². The van der Waals surface area contributed by atoms with Gasteiger partial charge in [-0.25, -0.2) is 5.01 Å². The second-order valence-electron chi connectivity index (χ2n) is 7.57. The van der Waals surface area contributed by atoms with E-state index in [2.05, 4.69) is 16.1 Å². The number of fused-ring (bicyclic) bond motifs is 1. The van der Waals surface area contributed by atoms with Crippen LogP contribution in [-0.4, -0.2) is 23.6 Å². The van der Waals surface area contributed by atoms with Crippen LogP contribution in [0.15, 0.2) is 60.7 Å². The third-order valence-electron chi connectivity index (χ3n) is 5.34. The Balaban J connectivity index is 1.52. The first-order valence-corrected chi connectivity index (χ1v) is 10.0. The number of nitrogens with one attached hydrogen (secondary N) is 3. The van der Waals surface area contributed by atoms with Gasteiger partial charge in [-0.1, -0.05) is 24.3 Å². The summed E-state index contributed by atoms with van der Waals surface area (Å²) in [7, 11) is 0. The molecule has 2 unspecified atom stereocenters. The fraction of sp³-hybridized carbons (Fsp3) is 0.217. The molecule has 4 amide bonds. The lowest BCUT2D eigenvalue weighted by atomic mass is 9.80. The van der Waals surface area contributed by atoms with Gasteiger partial charge in [0, 0.05) is 23.9 Å². The molecule has 0 bridgehead atoms. The molecule has 31 heavy (non-hydrogen) atoms. The molecule has 2 atom stereocenters. The van der Waals surface area contributed by atoms with E-state index in [9.17, 15) is 19.2 Å². The second kappa shape index (κ2) is 8.43. The zero-order valence-electron chi connectivity index (χ0n) is 16.9. The van der Waals surface area contributed by atoms with Crippen molar-refractivity contribution >= 4 is 40.7 Å². The van der Waals surface area contributed by atoms with Gasteiger partial charge < -0.3 is 10.6 Å². The van der Waals surface area contributed by atoms with Gasteiger partial charge >= 0.3 is 0 Å². The van der Waals surface area contributed by atoms with Crippen LogP contribution in [-0.2, 0) is 14.4 Å². The Labute approximate surface area is 179 Å². The van der Waals surface area contributed by atoms with E-state index in [0.29, 0.717) is 35.5 Å². The molecule has 8 nitrogen and oxygen atoms in total. The van der Waals surface area contributed by atoms with E-state index in [1.54, 1.807) is 48.5 Å². The van der Waals surface area contributed by atoms with Crippen LogP contribution in [0.25, 0.3) is 0 Å². The van der Waals surface area contributed by atoms with E-state index in [0.717, 1.165) is 0 Å². The van der Waals surface area contributed by atoms with Crippen molar-refractivity contribution in [2.75, 3.05) is 15.6 Å². The predicted octanol–water partition coefficient (Wildman–Crippen LogP) is 2.86. The van der Waals surface area contributed by atoms with E-state index in [4.69, 9.17) is 0 Å². The Bertz CT molecular complexity index is 1090. The number of benzene rings is 2. The smallest absolute Gasteiger partial charge is 0.255 e. The van der Waals surface area contributed by atoms with E-state index in [1.807, 2.05) is 12.2 Å². The van der Waals surface area contributed by atoms with Gasteiger partial charge in [-0.15, -0.1) is 0 Å². The van der Waals surface area contributed by atoms with Gasteiger partial charge in [0.25, 0.3) is 5.91 Å². The van der Waals surface area contributed by atoms with Crippen LogP contribution in [0.3, 0.4) is 0 Å². The van der Waals surface area contributed by atoms with Crippen LogP contribution >= 0.6 is 0 Å². The summed E-state index contributed by atoms with van der Waals surface area (Å²) in [5.74, 6) is -1.71. The monoisotopic (exact) mass is 418 g/mol. The molecule has 0 saturated carbocycles. The Morgan fingerprint density at radius 2 is 1.61 bits per heavy atom. The fourth-order valence-corrected chi connectivity index (χ4v) is 3.85. The number of carbonyl (C=O) groups excluding carboxylic acids is 4. The molecule has 1 aliphatic heterocycles. The lowest BCUT2D eigenvalue weighted by Gasteiger charge is -2.38. The molecular weight excluding hydrogens is 396 g/mol. The van der Waals surface area contributed by atoms with Gasteiger partial charge in [0.1, 0.15) is 0 Å². The molecule has 0 aromatic heterocycles. The van der Waals surface area contributed by atoms with Crippen molar-refractivity contribution in [3.8, 4) is 0 Å². The van der Waals surface area contributed by atoms with Gasteiger partial charge in [-0.3, -0.25) is 24.6 Å². The molecule has 1 saturated heterocycles. The van der Waals surface area contributed by atoms with Crippen molar-refractivity contribution in [1.29, 1.82) is 0 Å². The highest BCUT2D eigenvalue weighted by atomic mass is 16.2. The molecule has 0 spiro atoms. The number of nitrogens with zero attached hydrogens (tertiary/aromatic N) is 1. The lowest BCUT2D eigenvalue weighted by Crippen LogP contribution is -2.59. The van der Waals surface area contributed by atoms with Gasteiger partial charge in [-0.05, 0) is 49.2 Å². The lowest BCUT2D eigenvalue weighted by molar-refractivity contribution is -0.139. The van der Waals surface area contributed by atoms with Crippen LogP contribution in [0, 0.1) is 11.8 Å². The van der Waals surface area contributed by atoms with Gasteiger partial charge in [0.15, 0.2) is 0 Å². The normalized spacial score (nSPS) is 20.0. The molecule has 2 aliphatic rings. The van der Waals surface area contributed by atoms with Crippen molar-refractivity contribution < 1.29 is 19.2 Å². The fourth-order valence-electron chi connectivity index (χ4n) is 3.85. The number of hydrogen-bond donors (Lipinski definition) is 3. The van der Waals surface area contributed by atoms with Crippen molar-refractivity contribution in [3.05, 3.63) is 66.2 Å². The Kier molecular flexibility index (Phi) is 5.53. The first-order valence-electron chi connectivity index (χ1n) is 10.0. The molecule has 2 aromatic carbocycles. The first kappa shape index (κ1) is 20.3. The predicted molar refractivity (Wildman–Crippen MR) is 116 cm³/mol. The van der Waals surface area contributed by atoms with Crippen molar-refractivity contribution in [2.24, 2.45) is 11.8 Å². The molecule has 2 aromatic rings. The highest BCUT2D eigenvalue weighted by Crippen LogP contribution is 2.32. The minimum Gasteiger partial charge on any atom is -0.326 e. The van der Waals surface area contributed by atoms with Crippen LogP contribution in [0.4, 0.5) is 17.1 Å². The minimum atomic E-state index is -0.396. The Morgan fingerprint density at radius 3 is 2.35 bits per heavy atom. The van der Waals surface area contributed by atoms with E-state index in [-0.39, 0.29) is 29.5 Å². The maximum absolute atomic E-state index is 12.9. The minimum absolute atomic E-state index is 0.186. The van der Waals surface area contributed by atoms with Crippen molar-refractivity contribution in [3.63, 3.8) is 0 Å². The molecule has 1 aliphatic carbocycles. The van der Waals surface area contributed by atoms with Crippen LogP contribution in [0.5, 0.6) is 0 Å². The third kappa shape index (κ3) is 4.32. The molecule has 158 valence electrons. The highest BCUT2D eigenvalue weighted by molar-refractivity contribution is 6.07. The largest absolute Gasteiger partial charge is 0.326 e.